The number of carbonyl (C=O) groups excluding carboxylic acids is 2. The van der Waals surface area contributed by atoms with E-state index in [0.717, 1.165) is 0 Å². The summed E-state index contributed by atoms with van der Waals surface area (Å²) in [6, 6.07) is 5.55. The van der Waals surface area contributed by atoms with Crippen LogP contribution in [0.15, 0.2) is 24.3 Å². The molecular formula is C12H13FN2O2. The van der Waals surface area contributed by atoms with E-state index in [2.05, 4.69) is 10.6 Å². The van der Waals surface area contributed by atoms with Gasteiger partial charge < -0.3 is 10.6 Å². The normalized spacial score (nSPS) is 19.6. The number of anilines is 1. The van der Waals surface area contributed by atoms with Crippen molar-refractivity contribution in [3.8, 4) is 0 Å². The maximum Gasteiger partial charge on any atom is 0.228 e. The topological polar surface area (TPSA) is 58.2 Å². The third kappa shape index (κ3) is 3.03. The second-order valence-corrected chi connectivity index (χ2v) is 4.04. The second kappa shape index (κ2) is 4.95. The van der Waals surface area contributed by atoms with Crippen molar-refractivity contribution in [1.29, 1.82) is 0 Å². The lowest BCUT2D eigenvalue weighted by Gasteiger charge is -2.21. The summed E-state index contributed by atoms with van der Waals surface area (Å²) >= 11 is 0. The predicted molar refractivity (Wildman–Crippen MR) is 60.8 cm³/mol. The Morgan fingerprint density at radius 3 is 2.71 bits per heavy atom. The van der Waals surface area contributed by atoms with E-state index in [-0.39, 0.29) is 30.0 Å². The second-order valence-electron chi connectivity index (χ2n) is 4.04. The van der Waals surface area contributed by atoms with Crippen LogP contribution in [0.1, 0.15) is 12.8 Å². The smallest absolute Gasteiger partial charge is 0.228 e. The number of carbonyl (C=O) groups is 2. The average molecular weight is 236 g/mol. The molecule has 17 heavy (non-hydrogen) atoms. The molecule has 4 nitrogen and oxygen atoms in total. The molecule has 0 spiro atoms. The highest BCUT2D eigenvalue weighted by Crippen LogP contribution is 2.16. The first-order valence-electron chi connectivity index (χ1n) is 5.48. The van der Waals surface area contributed by atoms with Crippen molar-refractivity contribution < 1.29 is 14.0 Å². The molecule has 0 aliphatic carbocycles. The molecule has 1 aromatic carbocycles. The Balaban J connectivity index is 1.96. The summed E-state index contributed by atoms with van der Waals surface area (Å²) in [5, 5.41) is 5.34. The minimum absolute atomic E-state index is 0.101. The van der Waals surface area contributed by atoms with Gasteiger partial charge in [0.15, 0.2) is 0 Å². The van der Waals surface area contributed by atoms with Gasteiger partial charge in [-0.3, -0.25) is 9.59 Å². The number of hydrogen-bond donors (Lipinski definition) is 2. The van der Waals surface area contributed by atoms with Gasteiger partial charge in [-0.15, -0.1) is 0 Å². The first-order chi connectivity index (χ1) is 8.15. The van der Waals surface area contributed by atoms with Crippen molar-refractivity contribution in [1.82, 2.24) is 5.32 Å². The molecule has 1 fully saturated rings. The predicted octanol–water partition coefficient (Wildman–Crippen LogP) is 1.29. The maximum absolute atomic E-state index is 12.7. The lowest BCUT2D eigenvalue weighted by molar-refractivity contribution is -0.129. The number of hydrogen-bond acceptors (Lipinski definition) is 2. The fourth-order valence-electron chi connectivity index (χ4n) is 1.79. The van der Waals surface area contributed by atoms with E-state index in [1.165, 1.54) is 24.3 Å². The van der Waals surface area contributed by atoms with Gasteiger partial charge in [-0.05, 0) is 30.7 Å². The molecule has 0 aromatic heterocycles. The van der Waals surface area contributed by atoms with Crippen LogP contribution in [0.25, 0.3) is 0 Å². The lowest BCUT2D eigenvalue weighted by atomic mass is 9.96. The lowest BCUT2D eigenvalue weighted by Crippen LogP contribution is -2.38. The van der Waals surface area contributed by atoms with Crippen molar-refractivity contribution in [2.75, 3.05) is 11.9 Å². The first-order valence-corrected chi connectivity index (χ1v) is 5.48. The molecule has 0 radical (unpaired) electrons. The molecule has 1 aliphatic rings. The molecule has 0 bridgehead atoms. The molecule has 5 heteroatoms. The molecule has 2 rings (SSSR count). The van der Waals surface area contributed by atoms with Crippen LogP contribution in [0.4, 0.5) is 10.1 Å². The number of amides is 2. The van der Waals surface area contributed by atoms with Gasteiger partial charge in [0, 0.05) is 24.6 Å². The highest BCUT2D eigenvalue weighted by atomic mass is 19.1. The Bertz CT molecular complexity index is 431. The average Bonchev–Trinajstić information content (AvgIpc) is 2.32. The summed E-state index contributed by atoms with van der Waals surface area (Å²) in [5.41, 5.74) is 0.544. The molecule has 1 heterocycles. The molecule has 1 saturated heterocycles. The van der Waals surface area contributed by atoms with Crippen molar-refractivity contribution in [3.05, 3.63) is 30.1 Å². The van der Waals surface area contributed by atoms with Gasteiger partial charge in [-0.1, -0.05) is 0 Å². The molecular weight excluding hydrogens is 223 g/mol. The van der Waals surface area contributed by atoms with E-state index in [1.54, 1.807) is 0 Å². The number of nitrogens with one attached hydrogen (secondary N) is 2. The SMILES string of the molecule is O=C1CC(C(=O)Nc2ccc(F)cc2)CCN1. The third-order valence-corrected chi connectivity index (χ3v) is 2.73. The zero-order valence-corrected chi connectivity index (χ0v) is 9.20. The van der Waals surface area contributed by atoms with Gasteiger partial charge in [0.05, 0.1) is 0 Å². The standard InChI is InChI=1S/C12H13FN2O2/c13-9-1-3-10(4-2-9)15-12(17)8-5-6-14-11(16)7-8/h1-4,8H,5-7H2,(H,14,16)(H,15,17). The van der Waals surface area contributed by atoms with Crippen molar-refractivity contribution in [2.45, 2.75) is 12.8 Å². The Hall–Kier alpha value is -1.91. The zero-order valence-electron chi connectivity index (χ0n) is 9.20. The van der Waals surface area contributed by atoms with Crippen molar-refractivity contribution in [2.24, 2.45) is 5.92 Å². The Labute approximate surface area is 98.2 Å². The van der Waals surface area contributed by atoms with Crippen LogP contribution in [0.5, 0.6) is 0 Å². The van der Waals surface area contributed by atoms with Crippen LogP contribution in [0, 0.1) is 11.7 Å². The van der Waals surface area contributed by atoms with Crippen LogP contribution in [0.2, 0.25) is 0 Å². The van der Waals surface area contributed by atoms with Gasteiger partial charge in [0.1, 0.15) is 5.82 Å². The summed E-state index contributed by atoms with van der Waals surface area (Å²) < 4.78 is 12.7. The van der Waals surface area contributed by atoms with Crippen LogP contribution >= 0.6 is 0 Å². The van der Waals surface area contributed by atoms with Crippen molar-refractivity contribution >= 4 is 17.5 Å². The summed E-state index contributed by atoms with van der Waals surface area (Å²) in [5.74, 6) is -0.934. The summed E-state index contributed by atoms with van der Waals surface area (Å²) in [6.07, 6.45) is 0.853. The number of rotatable bonds is 2. The third-order valence-electron chi connectivity index (χ3n) is 2.73. The molecule has 1 unspecified atom stereocenters. The van der Waals surface area contributed by atoms with Gasteiger partial charge in [0.25, 0.3) is 0 Å². The van der Waals surface area contributed by atoms with E-state index >= 15 is 0 Å². The molecule has 1 atom stereocenters. The summed E-state index contributed by atoms with van der Waals surface area (Å²) in [6.45, 7) is 0.528. The molecule has 2 amide bonds. The highest BCUT2D eigenvalue weighted by Gasteiger charge is 2.25. The largest absolute Gasteiger partial charge is 0.356 e. The molecule has 0 saturated carbocycles. The van der Waals surface area contributed by atoms with Gasteiger partial charge >= 0.3 is 0 Å². The molecule has 2 N–H and O–H groups in total. The van der Waals surface area contributed by atoms with E-state index in [4.69, 9.17) is 0 Å². The quantitative estimate of drug-likeness (QED) is 0.813. The highest BCUT2D eigenvalue weighted by molar-refractivity contribution is 5.95. The fraction of sp³-hybridized carbons (Fsp3) is 0.333. The Morgan fingerprint density at radius 1 is 1.35 bits per heavy atom. The Morgan fingerprint density at radius 2 is 2.06 bits per heavy atom. The summed E-state index contributed by atoms with van der Waals surface area (Å²) in [4.78, 5) is 22.9. The van der Waals surface area contributed by atoms with Gasteiger partial charge in [-0.2, -0.15) is 0 Å². The monoisotopic (exact) mass is 236 g/mol. The van der Waals surface area contributed by atoms with E-state index in [1.807, 2.05) is 0 Å². The van der Waals surface area contributed by atoms with E-state index in [0.29, 0.717) is 18.7 Å². The van der Waals surface area contributed by atoms with Gasteiger partial charge in [-0.25, -0.2) is 4.39 Å². The van der Waals surface area contributed by atoms with Crippen LogP contribution in [0.3, 0.4) is 0 Å². The van der Waals surface area contributed by atoms with Crippen LogP contribution in [-0.4, -0.2) is 18.4 Å². The van der Waals surface area contributed by atoms with Crippen LogP contribution in [-0.2, 0) is 9.59 Å². The zero-order chi connectivity index (χ0) is 12.3. The van der Waals surface area contributed by atoms with Gasteiger partial charge in [0.2, 0.25) is 11.8 Å². The van der Waals surface area contributed by atoms with E-state index < -0.39 is 0 Å². The molecule has 1 aromatic rings. The Kier molecular flexibility index (Phi) is 3.37. The number of benzene rings is 1. The minimum Gasteiger partial charge on any atom is -0.356 e. The molecule has 1 aliphatic heterocycles. The maximum atomic E-state index is 12.7. The molecule has 90 valence electrons. The van der Waals surface area contributed by atoms with Crippen LogP contribution < -0.4 is 10.6 Å². The van der Waals surface area contributed by atoms with Crippen molar-refractivity contribution in [3.63, 3.8) is 0 Å². The first kappa shape index (κ1) is 11.6. The number of halogens is 1. The minimum atomic E-state index is -0.347. The summed E-state index contributed by atoms with van der Waals surface area (Å²) in [7, 11) is 0. The number of piperidine rings is 1. The fourth-order valence-corrected chi connectivity index (χ4v) is 1.79. The van der Waals surface area contributed by atoms with E-state index in [9.17, 15) is 14.0 Å².